The maximum absolute atomic E-state index is 15.4. The van der Waals surface area contributed by atoms with E-state index in [9.17, 15) is 4.79 Å². The van der Waals surface area contributed by atoms with Gasteiger partial charge in [-0.1, -0.05) is 42.5 Å². The van der Waals surface area contributed by atoms with Gasteiger partial charge in [0.15, 0.2) is 11.6 Å². The number of carbonyl (C=O) groups is 1. The number of morpholine rings is 1. The number of hydrogen-bond acceptors (Lipinski definition) is 6. The van der Waals surface area contributed by atoms with Gasteiger partial charge in [-0.2, -0.15) is 0 Å². The Bertz CT molecular complexity index is 1390. The molecule has 1 unspecified atom stereocenters. The fourth-order valence-corrected chi connectivity index (χ4v) is 6.61. The molecule has 1 aliphatic carbocycles. The fourth-order valence-electron chi connectivity index (χ4n) is 6.61. The topological polar surface area (TPSA) is 60.5 Å². The van der Waals surface area contributed by atoms with E-state index in [0.29, 0.717) is 31.5 Å². The predicted molar refractivity (Wildman–Crippen MR) is 167 cm³/mol. The zero-order valence-electron chi connectivity index (χ0n) is 25.6. The number of ether oxygens (including phenoxy) is 4. The largest absolute Gasteiger partial charge is 0.492 e. The maximum atomic E-state index is 15.4. The van der Waals surface area contributed by atoms with Crippen LogP contribution >= 0.6 is 0 Å². The Morgan fingerprint density at radius 3 is 2.50 bits per heavy atom. The van der Waals surface area contributed by atoms with Gasteiger partial charge in [-0.05, 0) is 73.8 Å². The summed E-state index contributed by atoms with van der Waals surface area (Å²) in [5, 5.41) is 0. The molecule has 2 heterocycles. The van der Waals surface area contributed by atoms with Crippen molar-refractivity contribution in [3.8, 4) is 17.2 Å². The molecule has 0 N–H and O–H groups in total. The van der Waals surface area contributed by atoms with Crippen LogP contribution in [0.15, 0.2) is 66.7 Å². The van der Waals surface area contributed by atoms with Gasteiger partial charge >= 0.3 is 0 Å². The summed E-state index contributed by atoms with van der Waals surface area (Å²) < 4.78 is 38.9. The van der Waals surface area contributed by atoms with E-state index in [2.05, 4.69) is 11.8 Å². The van der Waals surface area contributed by atoms with Gasteiger partial charge in [0.1, 0.15) is 24.7 Å². The third-order valence-electron chi connectivity index (χ3n) is 9.23. The molecule has 3 aromatic carbocycles. The number of rotatable bonds is 12. The van der Waals surface area contributed by atoms with E-state index in [4.69, 9.17) is 18.9 Å². The zero-order valence-corrected chi connectivity index (χ0v) is 25.6. The summed E-state index contributed by atoms with van der Waals surface area (Å²) in [5.74, 6) is 1.86. The molecule has 2 aliphatic heterocycles. The van der Waals surface area contributed by atoms with E-state index in [1.165, 1.54) is 0 Å². The van der Waals surface area contributed by atoms with Crippen LogP contribution in [-0.4, -0.2) is 67.8 Å². The normalized spacial score (nSPS) is 21.1. The van der Waals surface area contributed by atoms with Crippen LogP contribution in [0, 0.1) is 17.7 Å². The van der Waals surface area contributed by atoms with Gasteiger partial charge in [0.2, 0.25) is 0 Å². The smallest absolute Gasteiger partial charge is 0.257 e. The molecule has 1 saturated carbocycles. The van der Waals surface area contributed by atoms with Gasteiger partial charge in [-0.25, -0.2) is 4.39 Å². The van der Waals surface area contributed by atoms with Gasteiger partial charge in [-0.15, -0.1) is 0 Å². The van der Waals surface area contributed by atoms with E-state index >= 15 is 4.39 Å². The third-order valence-corrected chi connectivity index (χ3v) is 9.23. The van der Waals surface area contributed by atoms with Gasteiger partial charge in [-0.3, -0.25) is 9.69 Å². The number of amides is 1. The lowest BCUT2D eigenvalue weighted by molar-refractivity contribution is 0.0322. The minimum absolute atomic E-state index is 0.0839. The summed E-state index contributed by atoms with van der Waals surface area (Å²) in [6.45, 7) is 8.54. The highest BCUT2D eigenvalue weighted by Gasteiger charge is 2.35. The monoisotopic (exact) mass is 602 g/mol. The highest BCUT2D eigenvalue weighted by atomic mass is 19.1. The van der Waals surface area contributed by atoms with Gasteiger partial charge in [0, 0.05) is 38.8 Å². The van der Waals surface area contributed by atoms with Crippen LogP contribution in [0.1, 0.15) is 54.1 Å². The van der Waals surface area contributed by atoms with Gasteiger partial charge in [0.25, 0.3) is 5.91 Å². The van der Waals surface area contributed by atoms with Crippen LogP contribution in [0.25, 0.3) is 0 Å². The zero-order chi connectivity index (χ0) is 30.3. The minimum atomic E-state index is -0.549. The second-order valence-electron chi connectivity index (χ2n) is 12.3. The van der Waals surface area contributed by atoms with E-state index < -0.39 is 5.82 Å². The first-order valence-corrected chi connectivity index (χ1v) is 16.0. The van der Waals surface area contributed by atoms with E-state index in [-0.39, 0.29) is 29.9 Å². The lowest BCUT2D eigenvalue weighted by atomic mass is 9.79. The molecular formula is C36H43FN2O5. The molecule has 7 nitrogen and oxygen atoms in total. The van der Waals surface area contributed by atoms with E-state index in [0.717, 1.165) is 81.2 Å². The predicted octanol–water partition coefficient (Wildman–Crippen LogP) is 6.35. The third kappa shape index (κ3) is 7.53. The van der Waals surface area contributed by atoms with Crippen LogP contribution < -0.4 is 14.2 Å². The summed E-state index contributed by atoms with van der Waals surface area (Å²) in [5.41, 5.74) is 1.86. The van der Waals surface area contributed by atoms with Gasteiger partial charge in [0.05, 0.1) is 24.9 Å². The lowest BCUT2D eigenvalue weighted by Gasteiger charge is -2.34. The molecule has 3 aromatic rings. The van der Waals surface area contributed by atoms with Crippen molar-refractivity contribution >= 4 is 5.91 Å². The highest BCUT2D eigenvalue weighted by molar-refractivity contribution is 5.99. The van der Waals surface area contributed by atoms with Crippen molar-refractivity contribution < 1.29 is 28.1 Å². The average Bonchev–Trinajstić information content (AvgIpc) is 3.37. The standard InChI is InChI=1S/C36H43FN2O5/c1-26(44-32-9-5-8-31(22-32)42-21-18-38-16-19-41-20-17-38)29-12-10-27(11-13-29)23-39-24-30-14-15-33(35(37)34(30)36(39)40)43-25-28-6-3-2-4-7-28/h2-9,14-15,22,26-27,29H,10-13,16-21,23-25H2,1H3/t26?,27-,29-. The maximum Gasteiger partial charge on any atom is 0.257 e. The molecule has 2 fully saturated rings. The van der Waals surface area contributed by atoms with Crippen molar-refractivity contribution in [3.63, 3.8) is 0 Å². The second-order valence-corrected chi connectivity index (χ2v) is 12.3. The van der Waals surface area contributed by atoms with Crippen molar-refractivity contribution in [2.75, 3.05) is 46.0 Å². The van der Waals surface area contributed by atoms with Crippen molar-refractivity contribution in [3.05, 3.63) is 89.2 Å². The number of benzene rings is 3. The van der Waals surface area contributed by atoms with Crippen molar-refractivity contribution in [1.82, 2.24) is 9.80 Å². The molecular weight excluding hydrogens is 559 g/mol. The molecule has 1 amide bonds. The van der Waals surface area contributed by atoms with E-state index in [1.54, 1.807) is 6.07 Å². The Labute approximate surface area is 259 Å². The lowest BCUT2D eigenvalue weighted by Crippen LogP contribution is -2.38. The Kier molecular flexibility index (Phi) is 9.98. The molecule has 3 aliphatic rings. The summed E-state index contributed by atoms with van der Waals surface area (Å²) in [4.78, 5) is 17.4. The number of carbonyl (C=O) groups excluding carboxylic acids is 1. The number of hydrogen-bond donors (Lipinski definition) is 0. The Hall–Kier alpha value is -3.62. The van der Waals surface area contributed by atoms with Crippen molar-refractivity contribution in [2.45, 2.75) is 51.9 Å². The van der Waals surface area contributed by atoms with E-state index in [1.807, 2.05) is 65.6 Å². The first-order chi connectivity index (χ1) is 21.5. The SMILES string of the molecule is CC(Oc1cccc(OCCN2CCOCC2)c1)[C@H]1CC[C@H](CN2Cc3ccc(OCc4ccccc4)c(F)c3C2=O)CC1. The first kappa shape index (κ1) is 30.4. The van der Waals surface area contributed by atoms with Gasteiger partial charge < -0.3 is 23.8 Å². The molecule has 1 atom stereocenters. The average molecular weight is 603 g/mol. The molecule has 8 heteroatoms. The Morgan fingerprint density at radius 2 is 1.70 bits per heavy atom. The summed E-state index contributed by atoms with van der Waals surface area (Å²) in [6.07, 6.45) is 4.22. The molecule has 0 radical (unpaired) electrons. The minimum Gasteiger partial charge on any atom is -0.492 e. The fraction of sp³-hybridized carbons (Fsp3) is 0.472. The molecule has 0 aromatic heterocycles. The van der Waals surface area contributed by atoms with Crippen LogP contribution in [0.5, 0.6) is 17.2 Å². The van der Waals surface area contributed by atoms with Crippen LogP contribution in [0.3, 0.4) is 0 Å². The molecule has 234 valence electrons. The number of halogens is 1. The molecule has 6 rings (SSSR count). The van der Waals surface area contributed by atoms with Crippen molar-refractivity contribution in [2.24, 2.45) is 11.8 Å². The summed E-state index contributed by atoms with van der Waals surface area (Å²) >= 11 is 0. The molecule has 0 spiro atoms. The number of fused-ring (bicyclic) bond motifs is 1. The second kappa shape index (κ2) is 14.4. The first-order valence-electron chi connectivity index (χ1n) is 16.0. The molecule has 1 saturated heterocycles. The summed E-state index contributed by atoms with van der Waals surface area (Å²) in [7, 11) is 0. The number of nitrogens with zero attached hydrogens (tertiary/aromatic N) is 2. The van der Waals surface area contributed by atoms with Crippen molar-refractivity contribution in [1.29, 1.82) is 0 Å². The molecule has 44 heavy (non-hydrogen) atoms. The van der Waals surface area contributed by atoms with Crippen LogP contribution in [-0.2, 0) is 17.9 Å². The summed E-state index contributed by atoms with van der Waals surface area (Å²) in [6, 6.07) is 21.0. The highest BCUT2D eigenvalue weighted by Crippen LogP contribution is 2.36. The van der Waals surface area contributed by atoms with Crippen LogP contribution in [0.4, 0.5) is 4.39 Å². The van der Waals surface area contributed by atoms with Crippen LogP contribution in [0.2, 0.25) is 0 Å². The quantitative estimate of drug-likeness (QED) is 0.241. The Balaban J connectivity index is 0.952. The Morgan fingerprint density at radius 1 is 0.932 bits per heavy atom. The molecule has 0 bridgehead atoms.